The summed E-state index contributed by atoms with van der Waals surface area (Å²) in [6.07, 6.45) is 1.44. The highest BCUT2D eigenvalue weighted by atomic mass is 35.5. The molecule has 0 aliphatic heterocycles. The second kappa shape index (κ2) is 7.98. The Morgan fingerprint density at radius 2 is 1.50 bits per heavy atom. The van der Waals surface area contributed by atoms with Gasteiger partial charge in [-0.3, -0.25) is 4.79 Å². The Hall–Kier alpha value is -3.57. The van der Waals surface area contributed by atoms with Crippen LogP contribution in [0.4, 0.5) is 0 Å². The molecule has 2 aromatic carbocycles. The molecule has 0 fully saturated rings. The van der Waals surface area contributed by atoms with Gasteiger partial charge in [0.05, 0.1) is 6.21 Å². The normalized spacial score (nSPS) is 11.0. The third-order valence-corrected chi connectivity index (χ3v) is 4.25. The van der Waals surface area contributed by atoms with Crippen molar-refractivity contribution >= 4 is 23.7 Å². The number of carbonyl (C=O) groups is 1. The fraction of sp³-hybridized carbons (Fsp3) is 0. The van der Waals surface area contributed by atoms with E-state index in [0.717, 1.165) is 16.9 Å². The second-order valence-corrected chi connectivity index (χ2v) is 6.37. The molecule has 1 amide bonds. The molecule has 0 aliphatic carbocycles. The quantitative estimate of drug-likeness (QED) is 0.355. The smallest absolute Gasteiger partial charge is 0.307 e. The number of nitrogens with zero attached hydrogens (tertiary/aromatic N) is 1. The van der Waals surface area contributed by atoms with Crippen LogP contribution in [0.3, 0.4) is 0 Å². The Balaban J connectivity index is 1.39. The molecular formula is C22H15ClN2O3. The maximum Gasteiger partial charge on any atom is 0.307 e. The zero-order chi connectivity index (χ0) is 19.3. The zero-order valence-corrected chi connectivity index (χ0v) is 15.4. The number of furan rings is 2. The van der Waals surface area contributed by atoms with Crippen molar-refractivity contribution in [1.82, 2.24) is 5.43 Å². The Morgan fingerprint density at radius 1 is 0.821 bits per heavy atom. The first-order chi connectivity index (χ1) is 13.7. The van der Waals surface area contributed by atoms with E-state index < -0.39 is 5.91 Å². The van der Waals surface area contributed by atoms with Gasteiger partial charge < -0.3 is 8.83 Å². The minimum Gasteiger partial charge on any atom is -0.455 e. The molecule has 2 aromatic heterocycles. The van der Waals surface area contributed by atoms with Gasteiger partial charge in [-0.05, 0) is 48.5 Å². The first kappa shape index (κ1) is 17.8. The van der Waals surface area contributed by atoms with Crippen LogP contribution in [0.1, 0.15) is 16.3 Å². The minimum atomic E-state index is -0.452. The lowest BCUT2D eigenvalue weighted by Crippen LogP contribution is -2.16. The van der Waals surface area contributed by atoms with Crippen molar-refractivity contribution < 1.29 is 13.6 Å². The number of hydrogen-bond donors (Lipinski definition) is 1. The van der Waals surface area contributed by atoms with Gasteiger partial charge in [0.2, 0.25) is 0 Å². The maximum atomic E-state index is 12.2. The second-order valence-electron chi connectivity index (χ2n) is 5.94. The molecule has 0 unspecified atom stereocenters. The Labute approximate surface area is 166 Å². The van der Waals surface area contributed by atoms with E-state index in [1.165, 1.54) is 6.21 Å². The molecule has 0 radical (unpaired) electrons. The predicted octanol–water partition coefficient (Wildman–Crippen LogP) is 5.62. The number of benzene rings is 2. The highest BCUT2D eigenvalue weighted by Crippen LogP contribution is 2.24. The number of halogens is 1. The summed E-state index contributed by atoms with van der Waals surface area (Å²) in [5, 5.41) is 4.56. The molecule has 0 aliphatic rings. The van der Waals surface area contributed by atoms with Crippen LogP contribution in [0.25, 0.3) is 22.6 Å². The molecule has 0 atom stereocenters. The van der Waals surface area contributed by atoms with Crippen molar-refractivity contribution in [3.8, 4) is 22.6 Å². The third-order valence-electron chi connectivity index (χ3n) is 4.00. The first-order valence-corrected chi connectivity index (χ1v) is 8.91. The van der Waals surface area contributed by atoms with E-state index in [2.05, 4.69) is 10.5 Å². The van der Waals surface area contributed by atoms with Gasteiger partial charge >= 0.3 is 5.91 Å². The molecule has 0 bridgehead atoms. The molecule has 4 rings (SSSR count). The fourth-order valence-electron chi connectivity index (χ4n) is 2.62. The Bertz CT molecular complexity index is 1110. The van der Waals surface area contributed by atoms with Crippen LogP contribution in [0.5, 0.6) is 0 Å². The van der Waals surface area contributed by atoms with Gasteiger partial charge in [-0.1, -0.05) is 41.9 Å². The molecule has 0 spiro atoms. The summed E-state index contributed by atoms with van der Waals surface area (Å²) < 4.78 is 11.3. The zero-order valence-electron chi connectivity index (χ0n) is 14.6. The van der Waals surface area contributed by atoms with Gasteiger partial charge in [-0.2, -0.15) is 5.10 Å². The van der Waals surface area contributed by atoms with Gasteiger partial charge in [0.25, 0.3) is 0 Å². The largest absolute Gasteiger partial charge is 0.455 e. The summed E-state index contributed by atoms with van der Waals surface area (Å²) in [5.74, 6) is 1.54. The average molecular weight is 391 g/mol. The van der Waals surface area contributed by atoms with E-state index in [1.807, 2.05) is 48.5 Å². The Morgan fingerprint density at radius 3 is 2.29 bits per heavy atom. The van der Waals surface area contributed by atoms with Crippen molar-refractivity contribution in [2.24, 2.45) is 5.10 Å². The topological polar surface area (TPSA) is 67.7 Å². The monoisotopic (exact) mass is 390 g/mol. The van der Waals surface area contributed by atoms with Crippen LogP contribution in [0, 0.1) is 0 Å². The van der Waals surface area contributed by atoms with Crippen LogP contribution >= 0.6 is 11.6 Å². The summed E-state index contributed by atoms with van der Waals surface area (Å²) >= 11 is 5.88. The van der Waals surface area contributed by atoms with Gasteiger partial charge in [0, 0.05) is 16.1 Å². The highest BCUT2D eigenvalue weighted by molar-refractivity contribution is 6.30. The lowest BCUT2D eigenvalue weighted by molar-refractivity contribution is 0.0928. The van der Waals surface area contributed by atoms with Gasteiger partial charge in [-0.15, -0.1) is 0 Å². The third kappa shape index (κ3) is 4.05. The molecule has 4 aromatic rings. The van der Waals surface area contributed by atoms with E-state index in [0.29, 0.717) is 16.5 Å². The predicted molar refractivity (Wildman–Crippen MR) is 108 cm³/mol. The Kier molecular flexibility index (Phi) is 5.08. The van der Waals surface area contributed by atoms with E-state index >= 15 is 0 Å². The van der Waals surface area contributed by atoms with Gasteiger partial charge in [-0.25, -0.2) is 5.43 Å². The summed E-state index contributed by atoms with van der Waals surface area (Å²) in [6, 6.07) is 23.8. The lowest BCUT2D eigenvalue weighted by atomic mass is 10.2. The highest BCUT2D eigenvalue weighted by Gasteiger charge is 2.11. The summed E-state index contributed by atoms with van der Waals surface area (Å²) in [6.45, 7) is 0. The number of rotatable bonds is 5. The van der Waals surface area contributed by atoms with E-state index in [1.54, 1.807) is 30.3 Å². The fourth-order valence-corrected chi connectivity index (χ4v) is 2.74. The molecule has 6 heteroatoms. The molecule has 0 saturated carbocycles. The molecule has 0 saturated heterocycles. The summed E-state index contributed by atoms with van der Waals surface area (Å²) in [7, 11) is 0. The van der Waals surface area contributed by atoms with Crippen molar-refractivity contribution in [3.63, 3.8) is 0 Å². The van der Waals surface area contributed by atoms with Crippen LogP contribution in [0.2, 0.25) is 5.02 Å². The number of carbonyl (C=O) groups excluding carboxylic acids is 1. The minimum absolute atomic E-state index is 0.159. The van der Waals surface area contributed by atoms with Crippen molar-refractivity contribution in [3.05, 3.63) is 95.4 Å². The van der Waals surface area contributed by atoms with E-state index in [-0.39, 0.29) is 5.76 Å². The SMILES string of the molecule is O=C(N/N=C/c1ccc(-c2ccccc2)o1)c1ccc(-c2ccc(Cl)cc2)o1. The molecule has 5 nitrogen and oxygen atoms in total. The number of amides is 1. The molecule has 28 heavy (non-hydrogen) atoms. The molecule has 1 N–H and O–H groups in total. The van der Waals surface area contributed by atoms with E-state index in [9.17, 15) is 4.79 Å². The number of nitrogens with one attached hydrogen (secondary N) is 1. The molecular weight excluding hydrogens is 376 g/mol. The van der Waals surface area contributed by atoms with Crippen LogP contribution in [-0.2, 0) is 0 Å². The molecule has 2 heterocycles. The average Bonchev–Trinajstić information content (AvgIpc) is 3.39. The van der Waals surface area contributed by atoms with E-state index in [4.69, 9.17) is 20.4 Å². The summed E-state index contributed by atoms with van der Waals surface area (Å²) in [5.41, 5.74) is 4.22. The van der Waals surface area contributed by atoms with Crippen LogP contribution in [-0.4, -0.2) is 12.1 Å². The first-order valence-electron chi connectivity index (χ1n) is 8.53. The number of hydrazone groups is 1. The van der Waals surface area contributed by atoms with Gasteiger partial charge in [0.15, 0.2) is 5.76 Å². The van der Waals surface area contributed by atoms with Gasteiger partial charge in [0.1, 0.15) is 17.3 Å². The molecule has 138 valence electrons. The van der Waals surface area contributed by atoms with Crippen molar-refractivity contribution in [1.29, 1.82) is 0 Å². The van der Waals surface area contributed by atoms with Crippen LogP contribution < -0.4 is 5.43 Å². The number of hydrogen-bond acceptors (Lipinski definition) is 4. The lowest BCUT2D eigenvalue weighted by Gasteiger charge is -1.98. The van der Waals surface area contributed by atoms with Crippen molar-refractivity contribution in [2.45, 2.75) is 0 Å². The van der Waals surface area contributed by atoms with Crippen LogP contribution in [0.15, 0.2) is 92.8 Å². The van der Waals surface area contributed by atoms with Crippen molar-refractivity contribution in [2.75, 3.05) is 0 Å². The maximum absolute atomic E-state index is 12.2. The summed E-state index contributed by atoms with van der Waals surface area (Å²) in [4.78, 5) is 12.2. The standard InChI is InChI=1S/C22H15ClN2O3/c23-17-8-6-16(7-9-17)20-12-13-21(28-20)22(26)25-24-14-18-10-11-19(27-18)15-4-2-1-3-5-15/h1-14H,(H,25,26)/b24-14+.